The number of amides is 1. The molecule has 4 heteroatoms. The van der Waals surface area contributed by atoms with Crippen LogP contribution in [0.2, 0.25) is 0 Å². The standard InChI is InChI=1S/C10H12N2O2/c11-7-10(13)12-5-6-14-9-4-2-1-3-8(9)12/h1-4H,5-7,11H2. The van der Waals surface area contributed by atoms with Gasteiger partial charge in [-0.2, -0.15) is 0 Å². The highest BCUT2D eigenvalue weighted by Gasteiger charge is 2.21. The van der Waals surface area contributed by atoms with Crippen LogP contribution in [0.5, 0.6) is 5.75 Å². The zero-order valence-corrected chi connectivity index (χ0v) is 7.77. The molecule has 14 heavy (non-hydrogen) atoms. The lowest BCUT2D eigenvalue weighted by Gasteiger charge is -2.28. The third kappa shape index (κ3) is 1.44. The summed E-state index contributed by atoms with van der Waals surface area (Å²) in [7, 11) is 0. The fourth-order valence-electron chi connectivity index (χ4n) is 1.54. The number of rotatable bonds is 1. The van der Waals surface area contributed by atoms with Gasteiger partial charge in [0.25, 0.3) is 0 Å². The maximum absolute atomic E-state index is 11.5. The summed E-state index contributed by atoms with van der Waals surface area (Å²) in [5.41, 5.74) is 6.14. The molecule has 4 nitrogen and oxygen atoms in total. The molecule has 0 fully saturated rings. The van der Waals surface area contributed by atoms with Gasteiger partial charge in [-0.25, -0.2) is 0 Å². The molecule has 0 unspecified atom stereocenters. The Morgan fingerprint density at radius 2 is 2.29 bits per heavy atom. The van der Waals surface area contributed by atoms with Crippen LogP contribution >= 0.6 is 0 Å². The van der Waals surface area contributed by atoms with Crippen LogP contribution < -0.4 is 15.4 Å². The molecule has 2 N–H and O–H groups in total. The Bertz CT molecular complexity index is 352. The topological polar surface area (TPSA) is 55.6 Å². The number of carbonyl (C=O) groups is 1. The second-order valence-electron chi connectivity index (χ2n) is 3.07. The van der Waals surface area contributed by atoms with Crippen molar-refractivity contribution >= 4 is 11.6 Å². The minimum atomic E-state index is -0.0687. The number of anilines is 1. The summed E-state index contributed by atoms with van der Waals surface area (Å²) in [4.78, 5) is 13.1. The first-order valence-corrected chi connectivity index (χ1v) is 4.55. The normalized spacial score (nSPS) is 14.5. The summed E-state index contributed by atoms with van der Waals surface area (Å²) >= 11 is 0. The van der Waals surface area contributed by atoms with E-state index in [2.05, 4.69) is 0 Å². The lowest BCUT2D eigenvalue weighted by molar-refractivity contribution is -0.117. The number of nitrogens with zero attached hydrogens (tertiary/aromatic N) is 1. The molecule has 1 aliphatic rings. The van der Waals surface area contributed by atoms with Crippen molar-refractivity contribution in [3.63, 3.8) is 0 Å². The average molecular weight is 192 g/mol. The van der Waals surface area contributed by atoms with Gasteiger partial charge >= 0.3 is 0 Å². The van der Waals surface area contributed by atoms with Gasteiger partial charge in [-0.3, -0.25) is 4.79 Å². The second kappa shape index (κ2) is 3.67. The third-order valence-corrected chi connectivity index (χ3v) is 2.20. The first-order chi connectivity index (χ1) is 6.83. The van der Waals surface area contributed by atoms with Crippen LogP contribution in [0.25, 0.3) is 0 Å². The summed E-state index contributed by atoms with van der Waals surface area (Å²) in [6, 6.07) is 7.48. The van der Waals surface area contributed by atoms with E-state index in [0.29, 0.717) is 13.2 Å². The molecule has 2 rings (SSSR count). The average Bonchev–Trinajstić information content (AvgIpc) is 2.27. The Labute approximate surface area is 82.3 Å². The Morgan fingerprint density at radius 3 is 3.07 bits per heavy atom. The van der Waals surface area contributed by atoms with Gasteiger partial charge in [0.15, 0.2) is 0 Å². The van der Waals surface area contributed by atoms with Crippen LogP contribution in [0, 0.1) is 0 Å². The monoisotopic (exact) mass is 192 g/mol. The molecule has 1 aromatic rings. The van der Waals surface area contributed by atoms with E-state index >= 15 is 0 Å². The van der Waals surface area contributed by atoms with E-state index in [1.807, 2.05) is 24.3 Å². The molecule has 74 valence electrons. The molecule has 1 heterocycles. The van der Waals surface area contributed by atoms with E-state index in [1.54, 1.807) is 4.90 Å². The lowest BCUT2D eigenvalue weighted by atomic mass is 10.2. The maximum atomic E-state index is 11.5. The largest absolute Gasteiger partial charge is 0.490 e. The number of fused-ring (bicyclic) bond motifs is 1. The van der Waals surface area contributed by atoms with Gasteiger partial charge in [0.2, 0.25) is 5.91 Å². The smallest absolute Gasteiger partial charge is 0.240 e. The van der Waals surface area contributed by atoms with Crippen molar-refractivity contribution in [2.75, 3.05) is 24.6 Å². The van der Waals surface area contributed by atoms with Crippen molar-refractivity contribution in [1.29, 1.82) is 0 Å². The van der Waals surface area contributed by atoms with E-state index in [9.17, 15) is 4.79 Å². The predicted molar refractivity (Wildman–Crippen MR) is 53.3 cm³/mol. The van der Waals surface area contributed by atoms with Crippen LogP contribution in [0.15, 0.2) is 24.3 Å². The van der Waals surface area contributed by atoms with Crippen LogP contribution in [0.4, 0.5) is 5.69 Å². The van der Waals surface area contributed by atoms with E-state index in [1.165, 1.54) is 0 Å². The molecule has 0 aromatic heterocycles. The van der Waals surface area contributed by atoms with Gasteiger partial charge in [0.05, 0.1) is 18.8 Å². The minimum absolute atomic E-state index is 0.0360. The molecule has 1 aromatic carbocycles. The molecule has 0 saturated heterocycles. The predicted octanol–water partition coefficient (Wildman–Crippen LogP) is 0.371. The lowest BCUT2D eigenvalue weighted by Crippen LogP contribution is -2.41. The fraction of sp³-hybridized carbons (Fsp3) is 0.300. The highest BCUT2D eigenvalue weighted by Crippen LogP contribution is 2.30. The Kier molecular flexibility index (Phi) is 2.37. The molecular formula is C10H12N2O2. The number of benzene rings is 1. The molecule has 1 aliphatic heterocycles. The van der Waals surface area contributed by atoms with Crippen molar-refractivity contribution in [2.24, 2.45) is 5.73 Å². The van der Waals surface area contributed by atoms with Gasteiger partial charge < -0.3 is 15.4 Å². The Morgan fingerprint density at radius 1 is 1.50 bits per heavy atom. The van der Waals surface area contributed by atoms with Gasteiger partial charge in [0, 0.05) is 0 Å². The first-order valence-electron chi connectivity index (χ1n) is 4.55. The highest BCUT2D eigenvalue weighted by molar-refractivity contribution is 5.96. The number of hydrogen-bond acceptors (Lipinski definition) is 3. The van der Waals surface area contributed by atoms with Gasteiger partial charge in [0.1, 0.15) is 12.4 Å². The summed E-state index contributed by atoms with van der Waals surface area (Å²) in [5, 5.41) is 0. The van der Waals surface area contributed by atoms with Crippen LogP contribution in [-0.4, -0.2) is 25.6 Å². The van der Waals surface area contributed by atoms with E-state index < -0.39 is 0 Å². The summed E-state index contributed by atoms with van der Waals surface area (Å²) in [6.07, 6.45) is 0. The zero-order valence-electron chi connectivity index (χ0n) is 7.77. The van der Waals surface area contributed by atoms with Crippen molar-refractivity contribution in [1.82, 2.24) is 0 Å². The molecule has 0 bridgehead atoms. The van der Waals surface area contributed by atoms with E-state index in [4.69, 9.17) is 10.5 Å². The minimum Gasteiger partial charge on any atom is -0.490 e. The number of nitrogens with two attached hydrogens (primary N) is 1. The number of para-hydroxylation sites is 2. The van der Waals surface area contributed by atoms with Crippen molar-refractivity contribution in [2.45, 2.75) is 0 Å². The van der Waals surface area contributed by atoms with Gasteiger partial charge in [-0.15, -0.1) is 0 Å². The highest BCUT2D eigenvalue weighted by atomic mass is 16.5. The van der Waals surface area contributed by atoms with Crippen LogP contribution in [0.1, 0.15) is 0 Å². The van der Waals surface area contributed by atoms with Crippen molar-refractivity contribution in [3.05, 3.63) is 24.3 Å². The van der Waals surface area contributed by atoms with E-state index in [-0.39, 0.29) is 12.5 Å². The van der Waals surface area contributed by atoms with Gasteiger partial charge in [-0.1, -0.05) is 12.1 Å². The molecule has 1 amide bonds. The second-order valence-corrected chi connectivity index (χ2v) is 3.07. The third-order valence-electron chi connectivity index (χ3n) is 2.20. The van der Waals surface area contributed by atoms with Crippen LogP contribution in [0.3, 0.4) is 0 Å². The maximum Gasteiger partial charge on any atom is 0.240 e. The summed E-state index contributed by atoms with van der Waals surface area (Å²) in [5.74, 6) is 0.682. The molecular weight excluding hydrogens is 180 g/mol. The fourth-order valence-corrected chi connectivity index (χ4v) is 1.54. The molecule has 0 spiro atoms. The SMILES string of the molecule is NCC(=O)N1CCOc2ccccc21. The summed E-state index contributed by atoms with van der Waals surface area (Å²) in [6.45, 7) is 1.14. The Hall–Kier alpha value is -1.55. The zero-order chi connectivity index (χ0) is 9.97. The van der Waals surface area contributed by atoms with Gasteiger partial charge in [-0.05, 0) is 12.1 Å². The Balaban J connectivity index is 2.35. The van der Waals surface area contributed by atoms with Crippen molar-refractivity contribution < 1.29 is 9.53 Å². The molecule has 0 aliphatic carbocycles. The molecule has 0 radical (unpaired) electrons. The molecule has 0 saturated carbocycles. The van der Waals surface area contributed by atoms with E-state index in [0.717, 1.165) is 11.4 Å². The number of ether oxygens (including phenoxy) is 1. The quantitative estimate of drug-likeness (QED) is 0.699. The van der Waals surface area contributed by atoms with Crippen LogP contribution in [-0.2, 0) is 4.79 Å². The number of carbonyl (C=O) groups excluding carboxylic acids is 1. The first kappa shape index (κ1) is 9.02. The summed E-state index contributed by atoms with van der Waals surface area (Å²) < 4.78 is 5.41. The van der Waals surface area contributed by atoms with Crippen molar-refractivity contribution in [3.8, 4) is 5.75 Å². The molecule has 0 atom stereocenters. The number of hydrogen-bond donors (Lipinski definition) is 1.